The van der Waals surface area contributed by atoms with Crippen molar-refractivity contribution in [2.24, 2.45) is 0 Å². The minimum absolute atomic E-state index is 0.486. The van der Waals surface area contributed by atoms with Gasteiger partial charge in [-0.1, -0.05) is 12.1 Å². The van der Waals surface area contributed by atoms with Crippen molar-refractivity contribution < 1.29 is 4.74 Å². The number of hydrogen-bond acceptors (Lipinski definition) is 5. The Morgan fingerprint density at radius 1 is 1.47 bits per heavy atom. The number of rotatable bonds is 4. The Bertz CT molecular complexity index is 373. The van der Waals surface area contributed by atoms with E-state index in [1.807, 2.05) is 23.9 Å². The molecule has 2 unspecified atom stereocenters. The molecule has 0 aliphatic carbocycles. The van der Waals surface area contributed by atoms with Gasteiger partial charge in [-0.25, -0.2) is 4.31 Å². The maximum absolute atomic E-state index is 5.19. The molecule has 17 heavy (non-hydrogen) atoms. The van der Waals surface area contributed by atoms with Crippen LogP contribution in [0.15, 0.2) is 24.3 Å². The van der Waals surface area contributed by atoms with Crippen molar-refractivity contribution in [2.75, 3.05) is 25.2 Å². The van der Waals surface area contributed by atoms with Gasteiger partial charge in [0, 0.05) is 18.1 Å². The fraction of sp³-hybridized carbons (Fsp3) is 0.455. The molecule has 2 atom stereocenters. The van der Waals surface area contributed by atoms with E-state index in [1.165, 1.54) is 11.3 Å². The molecule has 1 fully saturated rings. The standard InChI is InChI=1S/C11H14NOPS3/c1-13-10-4-2-9(3-5-10)11-8-16-7-6-12(11)17-14-15/h2-5,11H,6-8H2,1H3/p+1. The summed E-state index contributed by atoms with van der Waals surface area (Å²) in [6, 6.07) is 8.88. The van der Waals surface area contributed by atoms with Crippen molar-refractivity contribution in [3.05, 3.63) is 29.8 Å². The van der Waals surface area contributed by atoms with Gasteiger partial charge in [0.2, 0.25) is 6.56 Å². The van der Waals surface area contributed by atoms with Crippen LogP contribution < -0.4 is 4.74 Å². The van der Waals surface area contributed by atoms with Crippen molar-refractivity contribution in [2.45, 2.75) is 6.04 Å². The molecule has 1 saturated heterocycles. The van der Waals surface area contributed by atoms with Gasteiger partial charge in [-0.2, -0.15) is 11.8 Å². The molecule has 0 bridgehead atoms. The fourth-order valence-corrected chi connectivity index (χ4v) is 5.54. The fourth-order valence-electron chi connectivity index (χ4n) is 1.83. The van der Waals surface area contributed by atoms with E-state index in [2.05, 4.69) is 16.4 Å². The van der Waals surface area contributed by atoms with Gasteiger partial charge in [0.25, 0.3) is 0 Å². The first-order valence-corrected chi connectivity index (χ1v) is 10.2. The average molecular weight is 304 g/mol. The summed E-state index contributed by atoms with van der Waals surface area (Å²) in [4.78, 5) is 0. The van der Waals surface area contributed by atoms with E-state index in [1.54, 1.807) is 18.7 Å². The highest BCUT2D eigenvalue weighted by molar-refractivity contribution is 8.56. The lowest BCUT2D eigenvalue weighted by Gasteiger charge is -2.30. The van der Waals surface area contributed by atoms with Crippen LogP contribution in [0.1, 0.15) is 11.6 Å². The minimum atomic E-state index is 0.486. The SMILES string of the molecule is COc1ccc(C2CSCCN2S[PH+]=S)cc1. The molecule has 0 spiro atoms. The number of benzene rings is 1. The number of nitrogens with zero attached hydrogens (tertiary/aromatic N) is 1. The van der Waals surface area contributed by atoms with Crippen molar-refractivity contribution in [3.63, 3.8) is 0 Å². The summed E-state index contributed by atoms with van der Waals surface area (Å²) in [5.74, 6) is 3.28. The Kier molecular flexibility index (Phi) is 5.57. The van der Waals surface area contributed by atoms with E-state index in [4.69, 9.17) is 16.5 Å². The van der Waals surface area contributed by atoms with E-state index in [-0.39, 0.29) is 0 Å². The van der Waals surface area contributed by atoms with Crippen LogP contribution in [0.2, 0.25) is 0 Å². The molecule has 1 aliphatic heterocycles. The van der Waals surface area contributed by atoms with Gasteiger partial charge in [-0.05, 0) is 17.7 Å². The van der Waals surface area contributed by atoms with Crippen LogP contribution in [0, 0.1) is 0 Å². The quantitative estimate of drug-likeness (QED) is 0.622. The topological polar surface area (TPSA) is 12.5 Å². The second-order valence-corrected chi connectivity index (χ2v) is 8.19. The van der Waals surface area contributed by atoms with Crippen LogP contribution in [0.25, 0.3) is 0 Å². The molecule has 0 aromatic heterocycles. The predicted molar refractivity (Wildman–Crippen MR) is 83.0 cm³/mol. The molecular formula is C11H15NOPS3+. The van der Waals surface area contributed by atoms with E-state index in [9.17, 15) is 0 Å². The maximum atomic E-state index is 5.19. The number of ether oxygens (including phenoxy) is 1. The van der Waals surface area contributed by atoms with Crippen LogP contribution in [0.4, 0.5) is 0 Å². The average Bonchev–Trinajstić information content (AvgIpc) is 2.40. The third-order valence-corrected chi connectivity index (χ3v) is 6.10. The molecule has 0 radical (unpaired) electrons. The second-order valence-electron chi connectivity index (χ2n) is 3.68. The Hall–Kier alpha value is 0.200. The highest BCUT2D eigenvalue weighted by atomic mass is 32.9. The van der Waals surface area contributed by atoms with Gasteiger partial charge < -0.3 is 4.74 Å². The molecule has 2 rings (SSSR count). The van der Waals surface area contributed by atoms with E-state index in [0.717, 1.165) is 18.0 Å². The molecule has 0 saturated carbocycles. The van der Waals surface area contributed by atoms with Gasteiger partial charge in [-0.3, -0.25) is 0 Å². The summed E-state index contributed by atoms with van der Waals surface area (Å²) in [6.45, 7) is 1.63. The number of hydrogen-bond donors (Lipinski definition) is 0. The van der Waals surface area contributed by atoms with E-state index in [0.29, 0.717) is 12.6 Å². The normalized spacial score (nSPS) is 21.6. The molecular weight excluding hydrogens is 289 g/mol. The number of thioether (sulfide) groups is 1. The monoisotopic (exact) mass is 304 g/mol. The summed E-state index contributed by atoms with van der Waals surface area (Å²) in [5, 5.41) is 0. The lowest BCUT2D eigenvalue weighted by Crippen LogP contribution is -2.29. The molecule has 2 nitrogen and oxygen atoms in total. The minimum Gasteiger partial charge on any atom is -0.497 e. The molecule has 1 aromatic rings. The van der Waals surface area contributed by atoms with E-state index >= 15 is 0 Å². The Morgan fingerprint density at radius 2 is 2.24 bits per heavy atom. The van der Waals surface area contributed by atoms with Crippen molar-refractivity contribution in [3.8, 4) is 5.75 Å². The Morgan fingerprint density at radius 3 is 2.88 bits per heavy atom. The first-order valence-electron chi connectivity index (χ1n) is 5.37. The summed E-state index contributed by atoms with van der Waals surface area (Å²) in [6.07, 6.45) is 0. The predicted octanol–water partition coefficient (Wildman–Crippen LogP) is 3.49. The molecule has 92 valence electrons. The summed E-state index contributed by atoms with van der Waals surface area (Å²) < 4.78 is 7.63. The first-order chi connectivity index (χ1) is 8.35. The molecule has 1 aromatic carbocycles. The van der Waals surface area contributed by atoms with Gasteiger partial charge in [-0.15, -0.1) is 0 Å². The van der Waals surface area contributed by atoms with Crippen LogP contribution in [-0.2, 0) is 11.8 Å². The third-order valence-electron chi connectivity index (χ3n) is 2.73. The first kappa shape index (κ1) is 13.6. The zero-order chi connectivity index (χ0) is 12.1. The van der Waals surface area contributed by atoms with Gasteiger partial charge >= 0.3 is 0 Å². The number of methoxy groups -OCH3 is 1. The lowest BCUT2D eigenvalue weighted by molar-refractivity contribution is 0.399. The Balaban J connectivity index is 2.14. The van der Waals surface area contributed by atoms with Crippen LogP contribution in [0.3, 0.4) is 0 Å². The maximum Gasteiger partial charge on any atom is 0.247 e. The van der Waals surface area contributed by atoms with Crippen molar-refractivity contribution in [1.29, 1.82) is 0 Å². The van der Waals surface area contributed by atoms with Crippen LogP contribution >= 0.6 is 29.9 Å². The van der Waals surface area contributed by atoms with Crippen LogP contribution in [-0.4, -0.2) is 29.5 Å². The molecule has 1 aliphatic rings. The van der Waals surface area contributed by atoms with Crippen molar-refractivity contribution in [1.82, 2.24) is 4.31 Å². The Labute approximate surface area is 117 Å². The molecule has 0 N–H and O–H groups in total. The highest BCUT2D eigenvalue weighted by Gasteiger charge is 2.26. The van der Waals surface area contributed by atoms with E-state index < -0.39 is 0 Å². The van der Waals surface area contributed by atoms with Crippen molar-refractivity contribution >= 4 is 41.7 Å². The second kappa shape index (κ2) is 6.95. The van der Waals surface area contributed by atoms with Gasteiger partial charge in [0.05, 0.1) is 13.2 Å². The summed E-state index contributed by atoms with van der Waals surface area (Å²) >= 11 is 8.91. The van der Waals surface area contributed by atoms with Crippen LogP contribution in [0.5, 0.6) is 5.75 Å². The zero-order valence-electron chi connectivity index (χ0n) is 9.59. The lowest BCUT2D eigenvalue weighted by atomic mass is 10.1. The molecule has 0 amide bonds. The van der Waals surface area contributed by atoms with Gasteiger partial charge in [0.15, 0.2) is 23.4 Å². The smallest absolute Gasteiger partial charge is 0.247 e. The summed E-state index contributed by atoms with van der Waals surface area (Å²) in [7, 11) is 1.70. The largest absolute Gasteiger partial charge is 0.497 e. The third kappa shape index (κ3) is 3.58. The molecule has 1 heterocycles. The van der Waals surface area contributed by atoms with Gasteiger partial charge in [0.1, 0.15) is 5.75 Å². The zero-order valence-corrected chi connectivity index (χ0v) is 13.0. The molecule has 6 heteroatoms. The summed E-state index contributed by atoms with van der Waals surface area (Å²) in [5.41, 5.74) is 1.36. The highest BCUT2D eigenvalue weighted by Crippen LogP contribution is 2.38.